The molecule has 112 valence electrons. The molecule has 1 aromatic heterocycles. The van der Waals surface area contributed by atoms with E-state index in [4.69, 9.17) is 27.7 Å². The Morgan fingerprint density at radius 3 is 2.95 bits per heavy atom. The number of piperidine rings is 1. The van der Waals surface area contributed by atoms with Gasteiger partial charge in [0, 0.05) is 23.0 Å². The fraction of sp³-hybridized carbons (Fsp3) is 0.467. The van der Waals surface area contributed by atoms with Crippen LogP contribution in [0.1, 0.15) is 37.0 Å². The third-order valence-corrected chi connectivity index (χ3v) is 4.53. The number of aromatic nitrogens is 2. The molecule has 4 nitrogen and oxygen atoms in total. The summed E-state index contributed by atoms with van der Waals surface area (Å²) in [6, 6.07) is 5.44. The van der Waals surface area contributed by atoms with Gasteiger partial charge in [-0.25, -0.2) is 0 Å². The molecular formula is C15H17Cl2N3O. The van der Waals surface area contributed by atoms with E-state index < -0.39 is 0 Å². The summed E-state index contributed by atoms with van der Waals surface area (Å²) in [5.41, 5.74) is 0.869. The van der Waals surface area contributed by atoms with E-state index in [-0.39, 0.29) is 5.41 Å². The van der Waals surface area contributed by atoms with E-state index in [9.17, 15) is 0 Å². The first-order valence-electron chi connectivity index (χ1n) is 7.04. The molecule has 0 spiro atoms. The molecule has 0 radical (unpaired) electrons. The number of halogens is 2. The maximum atomic E-state index is 6.18. The van der Waals surface area contributed by atoms with Gasteiger partial charge in [0.05, 0.1) is 5.41 Å². The lowest BCUT2D eigenvalue weighted by molar-refractivity contribution is 0.245. The minimum absolute atomic E-state index is 0.0761. The fourth-order valence-electron chi connectivity index (χ4n) is 2.65. The number of nitrogens with one attached hydrogen (secondary N) is 1. The van der Waals surface area contributed by atoms with Gasteiger partial charge in [-0.3, -0.25) is 0 Å². The summed E-state index contributed by atoms with van der Waals surface area (Å²) in [6.45, 7) is 4.08. The van der Waals surface area contributed by atoms with Crippen molar-refractivity contribution in [2.45, 2.75) is 31.6 Å². The summed E-state index contributed by atoms with van der Waals surface area (Å²) in [6.07, 6.45) is 2.73. The number of benzene rings is 1. The van der Waals surface area contributed by atoms with Gasteiger partial charge < -0.3 is 9.84 Å². The third-order valence-electron chi connectivity index (χ3n) is 3.95. The highest BCUT2D eigenvalue weighted by Gasteiger charge is 2.34. The molecule has 0 bridgehead atoms. The third kappa shape index (κ3) is 3.23. The van der Waals surface area contributed by atoms with Crippen molar-refractivity contribution in [3.05, 3.63) is 45.5 Å². The van der Waals surface area contributed by atoms with E-state index in [1.54, 1.807) is 6.07 Å². The first kappa shape index (κ1) is 14.8. The topological polar surface area (TPSA) is 51.0 Å². The second kappa shape index (κ2) is 5.95. The molecular weight excluding hydrogens is 309 g/mol. The zero-order valence-corrected chi connectivity index (χ0v) is 13.3. The van der Waals surface area contributed by atoms with Gasteiger partial charge in [-0.15, -0.1) is 0 Å². The van der Waals surface area contributed by atoms with Gasteiger partial charge in [0.15, 0.2) is 5.82 Å². The lowest BCUT2D eigenvalue weighted by Crippen LogP contribution is -2.41. The summed E-state index contributed by atoms with van der Waals surface area (Å²) < 4.78 is 5.47. The van der Waals surface area contributed by atoms with Crippen molar-refractivity contribution in [2.24, 2.45) is 0 Å². The van der Waals surface area contributed by atoms with Crippen LogP contribution in [0.4, 0.5) is 0 Å². The molecule has 1 saturated heterocycles. The first-order chi connectivity index (χ1) is 10.1. The molecule has 2 heterocycles. The first-order valence-corrected chi connectivity index (χ1v) is 7.80. The Labute approximate surface area is 133 Å². The Kier molecular flexibility index (Phi) is 4.20. The van der Waals surface area contributed by atoms with Crippen molar-refractivity contribution in [2.75, 3.05) is 13.1 Å². The molecule has 21 heavy (non-hydrogen) atoms. The molecule has 1 aliphatic heterocycles. The van der Waals surface area contributed by atoms with E-state index >= 15 is 0 Å². The number of hydrogen-bond donors (Lipinski definition) is 1. The summed E-state index contributed by atoms with van der Waals surface area (Å²) in [7, 11) is 0. The number of nitrogens with zero attached hydrogens (tertiary/aromatic N) is 2. The maximum Gasteiger partial charge on any atom is 0.233 e. The Balaban J connectivity index is 1.78. The molecule has 1 atom stereocenters. The zero-order chi connectivity index (χ0) is 14.9. The van der Waals surface area contributed by atoms with Crippen LogP contribution in [0.15, 0.2) is 22.7 Å². The van der Waals surface area contributed by atoms with E-state index in [0.717, 1.165) is 31.5 Å². The Bertz CT molecular complexity index is 636. The van der Waals surface area contributed by atoms with E-state index in [0.29, 0.717) is 28.2 Å². The lowest BCUT2D eigenvalue weighted by Gasteiger charge is -2.30. The average molecular weight is 326 g/mol. The van der Waals surface area contributed by atoms with Crippen LogP contribution < -0.4 is 5.32 Å². The molecule has 3 rings (SSSR count). The predicted octanol–water partition coefficient (Wildman–Crippen LogP) is 3.61. The number of hydrogen-bond acceptors (Lipinski definition) is 4. The van der Waals surface area contributed by atoms with Gasteiger partial charge in [-0.05, 0) is 44.0 Å². The Morgan fingerprint density at radius 2 is 2.24 bits per heavy atom. The van der Waals surface area contributed by atoms with Crippen LogP contribution in [0.25, 0.3) is 0 Å². The molecule has 0 saturated carbocycles. The quantitative estimate of drug-likeness (QED) is 0.936. The van der Waals surface area contributed by atoms with E-state index in [1.165, 1.54) is 0 Å². The second-order valence-electron chi connectivity index (χ2n) is 5.77. The van der Waals surface area contributed by atoms with Crippen molar-refractivity contribution in [3.8, 4) is 0 Å². The molecule has 0 aliphatic carbocycles. The van der Waals surface area contributed by atoms with Crippen LogP contribution in [0.2, 0.25) is 10.0 Å². The van der Waals surface area contributed by atoms with Crippen molar-refractivity contribution < 1.29 is 4.52 Å². The smallest absolute Gasteiger partial charge is 0.233 e. The van der Waals surface area contributed by atoms with Crippen LogP contribution >= 0.6 is 23.2 Å². The highest BCUT2D eigenvalue weighted by atomic mass is 35.5. The van der Waals surface area contributed by atoms with Crippen molar-refractivity contribution in [1.29, 1.82) is 0 Å². The van der Waals surface area contributed by atoms with Crippen molar-refractivity contribution in [1.82, 2.24) is 15.5 Å². The van der Waals surface area contributed by atoms with Crippen molar-refractivity contribution in [3.63, 3.8) is 0 Å². The van der Waals surface area contributed by atoms with Crippen molar-refractivity contribution >= 4 is 23.2 Å². The monoisotopic (exact) mass is 325 g/mol. The molecule has 1 aromatic carbocycles. The van der Waals surface area contributed by atoms with Gasteiger partial charge in [-0.1, -0.05) is 34.4 Å². The van der Waals surface area contributed by atoms with E-state index in [1.807, 2.05) is 12.1 Å². The normalized spacial score (nSPS) is 22.4. The molecule has 1 N–H and O–H groups in total. The maximum absolute atomic E-state index is 6.18. The van der Waals surface area contributed by atoms with Gasteiger partial charge in [0.1, 0.15) is 0 Å². The molecule has 0 amide bonds. The Morgan fingerprint density at radius 1 is 1.38 bits per heavy atom. The highest BCUT2D eigenvalue weighted by Crippen LogP contribution is 2.30. The van der Waals surface area contributed by atoms with E-state index in [2.05, 4.69) is 22.4 Å². The van der Waals surface area contributed by atoms with Crippen LogP contribution in [0, 0.1) is 0 Å². The summed E-state index contributed by atoms with van der Waals surface area (Å²) in [4.78, 5) is 4.56. The standard InChI is InChI=1S/C15H17Cl2N3O/c1-15(5-2-6-18-9-15)14-19-13(20-21-14)7-10-3-4-11(16)8-12(10)17/h3-4,8,18H,2,5-7,9H2,1H3. The second-order valence-corrected chi connectivity index (χ2v) is 6.61. The highest BCUT2D eigenvalue weighted by molar-refractivity contribution is 6.35. The molecule has 2 aromatic rings. The van der Waals surface area contributed by atoms with Crippen LogP contribution in [0.3, 0.4) is 0 Å². The minimum atomic E-state index is -0.0761. The van der Waals surface area contributed by atoms with Gasteiger partial charge in [0.2, 0.25) is 5.89 Å². The summed E-state index contributed by atoms with van der Waals surface area (Å²) in [5, 5.41) is 8.72. The molecule has 1 aliphatic rings. The van der Waals surface area contributed by atoms with Gasteiger partial charge in [0.25, 0.3) is 0 Å². The Hall–Kier alpha value is -1.10. The fourth-order valence-corrected chi connectivity index (χ4v) is 3.12. The van der Waals surface area contributed by atoms with Crippen LogP contribution in [0.5, 0.6) is 0 Å². The largest absolute Gasteiger partial charge is 0.339 e. The number of rotatable bonds is 3. The minimum Gasteiger partial charge on any atom is -0.339 e. The summed E-state index contributed by atoms with van der Waals surface area (Å²) >= 11 is 12.1. The lowest BCUT2D eigenvalue weighted by atomic mass is 9.83. The SMILES string of the molecule is CC1(c2nc(Cc3ccc(Cl)cc3Cl)no2)CCCNC1. The van der Waals surface area contributed by atoms with Gasteiger partial charge >= 0.3 is 0 Å². The molecule has 6 heteroatoms. The van der Waals surface area contributed by atoms with Gasteiger partial charge in [-0.2, -0.15) is 4.98 Å². The van der Waals surface area contributed by atoms with Crippen LogP contribution in [-0.2, 0) is 11.8 Å². The predicted molar refractivity (Wildman–Crippen MR) is 83.0 cm³/mol. The summed E-state index contributed by atoms with van der Waals surface area (Å²) in [5.74, 6) is 1.36. The molecule has 1 unspecified atom stereocenters. The zero-order valence-electron chi connectivity index (χ0n) is 11.8. The molecule has 1 fully saturated rings. The van der Waals surface area contributed by atoms with Crippen LogP contribution in [-0.4, -0.2) is 23.2 Å². The average Bonchev–Trinajstić information content (AvgIpc) is 2.92.